The molecular weight excluding hydrogens is 488 g/mol. The lowest BCUT2D eigenvalue weighted by Crippen LogP contribution is -2.47. The third kappa shape index (κ3) is 5.72. The summed E-state index contributed by atoms with van der Waals surface area (Å²) >= 11 is 0. The smallest absolute Gasteiger partial charge is 0.256 e. The summed E-state index contributed by atoms with van der Waals surface area (Å²) in [6, 6.07) is 24.1. The quantitative estimate of drug-likeness (QED) is 0.413. The average Bonchev–Trinajstić information content (AvgIpc) is 3.80. The normalized spacial score (nSPS) is 18.4. The van der Waals surface area contributed by atoms with Gasteiger partial charge >= 0.3 is 0 Å². The Kier molecular flexibility index (Phi) is 8.05. The van der Waals surface area contributed by atoms with Crippen molar-refractivity contribution in [3.8, 4) is 5.75 Å². The highest BCUT2D eigenvalue weighted by molar-refractivity contribution is 6.02. The van der Waals surface area contributed by atoms with Crippen molar-refractivity contribution in [1.82, 2.24) is 4.90 Å². The van der Waals surface area contributed by atoms with E-state index in [2.05, 4.69) is 33.3 Å². The molecule has 0 spiro atoms. The fourth-order valence-corrected chi connectivity index (χ4v) is 5.61. The van der Waals surface area contributed by atoms with Gasteiger partial charge in [-0.3, -0.25) is 9.59 Å². The van der Waals surface area contributed by atoms with E-state index < -0.39 is 0 Å². The van der Waals surface area contributed by atoms with E-state index in [0.29, 0.717) is 24.3 Å². The number of hydrogen-bond acceptors (Lipinski definition) is 5. The number of carbonyl (C=O) groups is 2. The molecule has 0 radical (unpaired) electrons. The second-order valence-electron chi connectivity index (χ2n) is 10.2. The van der Waals surface area contributed by atoms with E-state index in [1.54, 1.807) is 7.11 Å². The highest BCUT2D eigenvalue weighted by Gasteiger charge is 2.43. The molecule has 39 heavy (non-hydrogen) atoms. The highest BCUT2D eigenvalue weighted by Crippen LogP contribution is 2.48. The van der Waals surface area contributed by atoms with Gasteiger partial charge in [-0.05, 0) is 62.1 Å². The highest BCUT2D eigenvalue weighted by atomic mass is 16.5. The minimum atomic E-state index is -0.0305. The number of hydrogen-bond donors (Lipinski definition) is 1. The van der Waals surface area contributed by atoms with E-state index >= 15 is 0 Å². The second-order valence-corrected chi connectivity index (χ2v) is 10.2. The molecule has 1 heterocycles. The molecule has 1 aliphatic carbocycles. The van der Waals surface area contributed by atoms with Crippen molar-refractivity contribution in [1.29, 1.82) is 0 Å². The van der Waals surface area contributed by atoms with Crippen LogP contribution in [0.4, 0.5) is 17.1 Å². The summed E-state index contributed by atoms with van der Waals surface area (Å²) in [5, 5.41) is 3.09. The molecule has 2 atom stereocenters. The number of benzene rings is 3. The zero-order chi connectivity index (χ0) is 27.4. The van der Waals surface area contributed by atoms with Gasteiger partial charge in [0.1, 0.15) is 5.75 Å². The monoisotopic (exact) mass is 526 g/mol. The van der Waals surface area contributed by atoms with Crippen LogP contribution in [0.3, 0.4) is 0 Å². The molecule has 7 nitrogen and oxygen atoms in total. The standard InChI is InChI=1S/C32H38N4O3/c1-4-34(5-2)32(38)27-21-24(33-31(37)26-22-25(26)23-11-7-6-8-12-23)15-16-28(27)35-17-19-36(20-18-35)29-13-9-10-14-30(29)39-3/h6-16,21,25-26H,4-5,17-20,22H2,1-3H3,(H,33,37). The molecule has 2 fully saturated rings. The first-order chi connectivity index (χ1) is 19.0. The van der Waals surface area contributed by atoms with E-state index in [1.807, 2.05) is 73.3 Å². The second kappa shape index (κ2) is 11.8. The van der Waals surface area contributed by atoms with Crippen LogP contribution in [0, 0.1) is 5.92 Å². The molecule has 0 bridgehead atoms. The number of nitrogens with zero attached hydrogens (tertiary/aromatic N) is 3. The van der Waals surface area contributed by atoms with Gasteiger partial charge in [-0.15, -0.1) is 0 Å². The summed E-state index contributed by atoms with van der Waals surface area (Å²) in [4.78, 5) is 33.1. The molecule has 1 aliphatic heterocycles. The van der Waals surface area contributed by atoms with Crippen LogP contribution in [-0.4, -0.2) is 63.1 Å². The maximum absolute atomic E-state index is 13.6. The van der Waals surface area contributed by atoms with Crippen LogP contribution < -0.4 is 19.9 Å². The molecule has 2 amide bonds. The lowest BCUT2D eigenvalue weighted by atomic mass is 10.1. The Morgan fingerprint density at radius 2 is 1.51 bits per heavy atom. The van der Waals surface area contributed by atoms with Crippen molar-refractivity contribution in [2.75, 3.05) is 61.5 Å². The number of para-hydroxylation sites is 2. The molecule has 0 aromatic heterocycles. The fraction of sp³-hybridized carbons (Fsp3) is 0.375. The van der Waals surface area contributed by atoms with Crippen LogP contribution in [0.5, 0.6) is 5.75 Å². The summed E-state index contributed by atoms with van der Waals surface area (Å²) in [6.07, 6.45) is 0.857. The Balaban J connectivity index is 1.33. The van der Waals surface area contributed by atoms with Gasteiger partial charge < -0.3 is 24.8 Å². The van der Waals surface area contributed by atoms with Crippen LogP contribution in [-0.2, 0) is 4.79 Å². The van der Waals surface area contributed by atoms with E-state index in [4.69, 9.17) is 4.74 Å². The number of nitrogens with one attached hydrogen (secondary N) is 1. The van der Waals surface area contributed by atoms with Crippen LogP contribution in [0.15, 0.2) is 72.8 Å². The van der Waals surface area contributed by atoms with Crippen LogP contribution in [0.2, 0.25) is 0 Å². The molecular formula is C32H38N4O3. The first-order valence-corrected chi connectivity index (χ1v) is 14.0. The van der Waals surface area contributed by atoms with Crippen molar-refractivity contribution in [3.05, 3.63) is 83.9 Å². The van der Waals surface area contributed by atoms with Crippen molar-refractivity contribution in [3.63, 3.8) is 0 Å². The minimum absolute atomic E-state index is 0.00755. The fourth-order valence-electron chi connectivity index (χ4n) is 5.61. The predicted molar refractivity (Wildman–Crippen MR) is 157 cm³/mol. The zero-order valence-corrected chi connectivity index (χ0v) is 23.1. The predicted octanol–water partition coefficient (Wildman–Crippen LogP) is 5.25. The van der Waals surface area contributed by atoms with Crippen molar-refractivity contribution >= 4 is 28.9 Å². The van der Waals surface area contributed by atoms with E-state index in [0.717, 1.165) is 49.7 Å². The maximum Gasteiger partial charge on any atom is 0.256 e. The van der Waals surface area contributed by atoms with E-state index in [9.17, 15) is 9.59 Å². The van der Waals surface area contributed by atoms with E-state index in [-0.39, 0.29) is 23.7 Å². The summed E-state index contributed by atoms with van der Waals surface area (Å²) < 4.78 is 5.57. The Labute approximate surface area is 231 Å². The van der Waals surface area contributed by atoms with Gasteiger partial charge in [0.15, 0.2) is 0 Å². The van der Waals surface area contributed by atoms with Gasteiger partial charge in [-0.25, -0.2) is 0 Å². The summed E-state index contributed by atoms with van der Waals surface area (Å²) in [5.74, 6) is 1.11. The molecule has 1 N–H and O–H groups in total. The first kappa shape index (κ1) is 26.6. The number of piperazine rings is 1. The average molecular weight is 527 g/mol. The summed E-state index contributed by atoms with van der Waals surface area (Å²) in [6.45, 7) is 8.46. The largest absolute Gasteiger partial charge is 0.495 e. The lowest BCUT2D eigenvalue weighted by Gasteiger charge is -2.38. The molecule has 5 rings (SSSR count). The first-order valence-electron chi connectivity index (χ1n) is 14.0. The number of ether oxygens (including phenoxy) is 1. The Bertz CT molecular complexity index is 1300. The zero-order valence-electron chi connectivity index (χ0n) is 23.1. The molecule has 3 aromatic rings. The Hall–Kier alpha value is -4.00. The minimum Gasteiger partial charge on any atom is -0.495 e. The Morgan fingerprint density at radius 3 is 2.18 bits per heavy atom. The third-order valence-corrected chi connectivity index (χ3v) is 7.95. The van der Waals surface area contributed by atoms with Gasteiger partial charge in [-0.2, -0.15) is 0 Å². The molecule has 204 valence electrons. The topological polar surface area (TPSA) is 65.1 Å². The molecule has 7 heteroatoms. The molecule has 2 unspecified atom stereocenters. The lowest BCUT2D eigenvalue weighted by molar-refractivity contribution is -0.117. The van der Waals surface area contributed by atoms with Gasteiger partial charge in [-0.1, -0.05) is 42.5 Å². The molecule has 1 saturated carbocycles. The summed E-state index contributed by atoms with van der Waals surface area (Å²) in [5.41, 5.74) is 4.52. The van der Waals surface area contributed by atoms with E-state index in [1.165, 1.54) is 5.56 Å². The number of carbonyl (C=O) groups excluding carboxylic acids is 2. The number of anilines is 3. The summed E-state index contributed by atoms with van der Waals surface area (Å²) in [7, 11) is 1.70. The van der Waals surface area contributed by atoms with Crippen molar-refractivity contribution in [2.45, 2.75) is 26.2 Å². The number of methoxy groups -OCH3 is 1. The van der Waals surface area contributed by atoms with Gasteiger partial charge in [0.25, 0.3) is 5.91 Å². The molecule has 3 aromatic carbocycles. The number of amides is 2. The maximum atomic E-state index is 13.6. The molecule has 1 saturated heterocycles. The van der Waals surface area contributed by atoms with Crippen LogP contribution in [0.25, 0.3) is 0 Å². The van der Waals surface area contributed by atoms with Crippen molar-refractivity contribution < 1.29 is 14.3 Å². The molecule has 2 aliphatic rings. The van der Waals surface area contributed by atoms with Crippen LogP contribution >= 0.6 is 0 Å². The van der Waals surface area contributed by atoms with Gasteiger partial charge in [0.2, 0.25) is 5.91 Å². The van der Waals surface area contributed by atoms with Crippen molar-refractivity contribution in [2.24, 2.45) is 5.92 Å². The van der Waals surface area contributed by atoms with Gasteiger partial charge in [0.05, 0.1) is 18.4 Å². The van der Waals surface area contributed by atoms with Crippen LogP contribution in [0.1, 0.15) is 42.1 Å². The van der Waals surface area contributed by atoms with Gasteiger partial charge in [0, 0.05) is 56.6 Å². The Morgan fingerprint density at radius 1 is 0.872 bits per heavy atom. The number of rotatable bonds is 9. The third-order valence-electron chi connectivity index (χ3n) is 7.95. The SMILES string of the molecule is CCN(CC)C(=O)c1cc(NC(=O)C2CC2c2ccccc2)ccc1N1CCN(c2ccccc2OC)CC1.